The van der Waals surface area contributed by atoms with Crippen LogP contribution in [0, 0.1) is 17.8 Å². The van der Waals surface area contributed by atoms with Crippen molar-refractivity contribution in [1.82, 2.24) is 24.4 Å². The number of nitrogens with one attached hydrogen (secondary N) is 1. The Balaban J connectivity index is 1.32. The van der Waals surface area contributed by atoms with Crippen molar-refractivity contribution in [2.45, 2.75) is 38.6 Å². The van der Waals surface area contributed by atoms with Gasteiger partial charge in [0, 0.05) is 33.1 Å². The topological polar surface area (TPSA) is 97.2 Å². The van der Waals surface area contributed by atoms with Gasteiger partial charge in [0.15, 0.2) is 0 Å². The zero-order valence-electron chi connectivity index (χ0n) is 14.5. The zero-order valence-corrected chi connectivity index (χ0v) is 15.3. The van der Waals surface area contributed by atoms with Crippen molar-refractivity contribution in [2.75, 3.05) is 25.9 Å². The summed E-state index contributed by atoms with van der Waals surface area (Å²) < 4.78 is 29.2. The number of hydrogen-bond acceptors (Lipinski definition) is 5. The van der Waals surface area contributed by atoms with E-state index in [0.29, 0.717) is 49.5 Å². The Morgan fingerprint density at radius 1 is 1.20 bits per heavy atom. The van der Waals surface area contributed by atoms with Gasteiger partial charge in [-0.3, -0.25) is 4.79 Å². The van der Waals surface area contributed by atoms with Crippen LogP contribution in [0.5, 0.6) is 0 Å². The fourth-order valence-corrected chi connectivity index (χ4v) is 6.18. The zero-order chi connectivity index (χ0) is 17.6. The van der Waals surface area contributed by atoms with Crippen molar-refractivity contribution in [1.29, 1.82) is 0 Å². The van der Waals surface area contributed by atoms with Gasteiger partial charge < -0.3 is 9.47 Å². The lowest BCUT2D eigenvalue weighted by Gasteiger charge is -2.23. The number of aromatic nitrogens is 3. The maximum atomic E-state index is 12.4. The number of fused-ring (bicyclic) bond motifs is 3. The number of rotatable bonds is 6. The molecule has 1 aromatic heterocycles. The molecule has 138 valence electrons. The SMILES string of the molecule is CN1CCn2c(CCNS(=O)(=O)CC3CC4CCC3C4)nnc2C1=O. The highest BCUT2D eigenvalue weighted by molar-refractivity contribution is 7.89. The van der Waals surface area contributed by atoms with E-state index >= 15 is 0 Å². The van der Waals surface area contributed by atoms with Crippen LogP contribution in [-0.2, 0) is 23.0 Å². The van der Waals surface area contributed by atoms with Gasteiger partial charge in [-0.15, -0.1) is 10.2 Å². The summed E-state index contributed by atoms with van der Waals surface area (Å²) in [5.41, 5.74) is 0. The first kappa shape index (κ1) is 17.0. The lowest BCUT2D eigenvalue weighted by Crippen LogP contribution is -2.38. The summed E-state index contributed by atoms with van der Waals surface area (Å²) >= 11 is 0. The average Bonchev–Trinajstić information content (AvgIpc) is 3.26. The van der Waals surface area contributed by atoms with Gasteiger partial charge in [0.05, 0.1) is 5.75 Å². The van der Waals surface area contributed by atoms with Crippen LogP contribution in [-0.4, -0.2) is 59.9 Å². The van der Waals surface area contributed by atoms with Crippen LogP contribution in [0.1, 0.15) is 42.1 Å². The Morgan fingerprint density at radius 2 is 2.04 bits per heavy atom. The quantitative estimate of drug-likeness (QED) is 0.778. The van der Waals surface area contributed by atoms with Crippen LogP contribution in [0.3, 0.4) is 0 Å². The normalized spacial score (nSPS) is 28.6. The van der Waals surface area contributed by atoms with Gasteiger partial charge in [0.25, 0.3) is 5.91 Å². The lowest BCUT2D eigenvalue weighted by atomic mass is 9.90. The molecule has 0 spiro atoms. The maximum absolute atomic E-state index is 12.4. The maximum Gasteiger partial charge on any atom is 0.291 e. The molecular weight excluding hydrogens is 342 g/mol. The molecule has 2 saturated carbocycles. The summed E-state index contributed by atoms with van der Waals surface area (Å²) in [5.74, 6) is 2.80. The van der Waals surface area contributed by atoms with Gasteiger partial charge in [0.2, 0.25) is 15.8 Å². The van der Waals surface area contributed by atoms with E-state index in [1.54, 1.807) is 16.5 Å². The van der Waals surface area contributed by atoms with Crippen LogP contribution >= 0.6 is 0 Å². The van der Waals surface area contributed by atoms with E-state index in [2.05, 4.69) is 14.9 Å². The monoisotopic (exact) mass is 367 g/mol. The molecule has 2 heterocycles. The van der Waals surface area contributed by atoms with Gasteiger partial charge in [-0.05, 0) is 37.0 Å². The van der Waals surface area contributed by atoms with Crippen LogP contribution in [0.15, 0.2) is 0 Å². The van der Waals surface area contributed by atoms with E-state index in [1.807, 2.05) is 0 Å². The van der Waals surface area contributed by atoms with E-state index in [-0.39, 0.29) is 11.7 Å². The Bertz CT molecular complexity index is 775. The highest BCUT2D eigenvalue weighted by Gasteiger charge is 2.41. The molecule has 0 aromatic carbocycles. The molecule has 9 heteroatoms. The first-order valence-corrected chi connectivity index (χ1v) is 10.7. The molecule has 1 aliphatic heterocycles. The van der Waals surface area contributed by atoms with E-state index in [1.165, 1.54) is 19.3 Å². The van der Waals surface area contributed by atoms with E-state index in [0.717, 1.165) is 12.3 Å². The fraction of sp³-hybridized carbons (Fsp3) is 0.812. The summed E-state index contributed by atoms with van der Waals surface area (Å²) in [6.45, 7) is 1.57. The molecule has 4 rings (SSSR count). The molecule has 25 heavy (non-hydrogen) atoms. The molecule has 1 N–H and O–H groups in total. The molecule has 3 atom stereocenters. The van der Waals surface area contributed by atoms with Crippen molar-refractivity contribution >= 4 is 15.9 Å². The van der Waals surface area contributed by atoms with Crippen LogP contribution in [0.4, 0.5) is 0 Å². The van der Waals surface area contributed by atoms with E-state index in [9.17, 15) is 13.2 Å². The third-order valence-electron chi connectivity index (χ3n) is 6.01. The Labute approximate surface area is 148 Å². The molecule has 0 saturated heterocycles. The largest absolute Gasteiger partial charge is 0.337 e. The second-order valence-corrected chi connectivity index (χ2v) is 9.53. The first-order chi connectivity index (χ1) is 11.9. The summed E-state index contributed by atoms with van der Waals surface area (Å²) in [4.78, 5) is 13.6. The smallest absolute Gasteiger partial charge is 0.291 e. The number of likely N-dealkylation sites (N-methyl/N-ethyl adjacent to an activating group) is 1. The average molecular weight is 367 g/mol. The number of nitrogens with zero attached hydrogens (tertiary/aromatic N) is 4. The van der Waals surface area contributed by atoms with Gasteiger partial charge in [-0.25, -0.2) is 13.1 Å². The standard InChI is InChI=1S/C16H25N5O3S/c1-20-6-7-21-14(18-19-15(21)16(20)22)4-5-17-25(23,24)10-13-9-11-2-3-12(13)8-11/h11-13,17H,2-10H2,1H3. The molecule has 3 unspecified atom stereocenters. The summed E-state index contributed by atoms with van der Waals surface area (Å²) in [6, 6.07) is 0. The minimum Gasteiger partial charge on any atom is -0.337 e. The van der Waals surface area contributed by atoms with Gasteiger partial charge >= 0.3 is 0 Å². The Morgan fingerprint density at radius 3 is 2.76 bits per heavy atom. The molecule has 2 bridgehead atoms. The number of hydrogen-bond donors (Lipinski definition) is 1. The summed E-state index contributed by atoms with van der Waals surface area (Å²) in [7, 11) is -1.52. The molecule has 3 aliphatic rings. The van der Waals surface area contributed by atoms with Gasteiger partial charge in [-0.2, -0.15) is 0 Å². The first-order valence-electron chi connectivity index (χ1n) is 9.08. The number of sulfonamides is 1. The highest BCUT2D eigenvalue weighted by Crippen LogP contribution is 2.48. The molecule has 0 radical (unpaired) electrons. The highest BCUT2D eigenvalue weighted by atomic mass is 32.2. The van der Waals surface area contributed by atoms with Crippen LogP contribution in [0.2, 0.25) is 0 Å². The van der Waals surface area contributed by atoms with Crippen LogP contribution in [0.25, 0.3) is 0 Å². The second-order valence-electron chi connectivity index (χ2n) is 7.68. The summed E-state index contributed by atoms with van der Waals surface area (Å²) in [5, 5.41) is 8.02. The van der Waals surface area contributed by atoms with Crippen molar-refractivity contribution in [3.63, 3.8) is 0 Å². The van der Waals surface area contributed by atoms with E-state index in [4.69, 9.17) is 0 Å². The summed E-state index contributed by atoms with van der Waals surface area (Å²) in [6.07, 6.45) is 5.20. The molecule has 1 amide bonds. The van der Waals surface area contributed by atoms with E-state index < -0.39 is 10.0 Å². The van der Waals surface area contributed by atoms with Crippen molar-refractivity contribution in [2.24, 2.45) is 17.8 Å². The number of carbonyl (C=O) groups is 1. The predicted molar refractivity (Wildman–Crippen MR) is 91.4 cm³/mol. The third kappa shape index (κ3) is 3.31. The van der Waals surface area contributed by atoms with Crippen molar-refractivity contribution in [3.8, 4) is 0 Å². The Kier molecular flexibility index (Phi) is 4.31. The number of carbonyl (C=O) groups excluding carboxylic acids is 1. The molecule has 2 fully saturated rings. The third-order valence-corrected chi connectivity index (χ3v) is 7.52. The number of amides is 1. The van der Waals surface area contributed by atoms with Crippen LogP contribution < -0.4 is 4.72 Å². The predicted octanol–water partition coefficient (Wildman–Crippen LogP) is 0.262. The Hall–Kier alpha value is -1.48. The minimum atomic E-state index is -3.26. The van der Waals surface area contributed by atoms with Gasteiger partial charge in [-0.1, -0.05) is 6.42 Å². The van der Waals surface area contributed by atoms with Gasteiger partial charge in [0.1, 0.15) is 5.82 Å². The van der Waals surface area contributed by atoms with Crippen molar-refractivity contribution in [3.05, 3.63) is 11.6 Å². The minimum absolute atomic E-state index is 0.137. The molecule has 1 aromatic rings. The molecular formula is C16H25N5O3S. The lowest BCUT2D eigenvalue weighted by molar-refractivity contribution is 0.0740. The molecule has 8 nitrogen and oxygen atoms in total. The second kappa shape index (κ2) is 6.35. The molecule has 2 aliphatic carbocycles. The fourth-order valence-electron chi connectivity index (χ4n) is 4.68. The van der Waals surface area contributed by atoms with Crippen molar-refractivity contribution < 1.29 is 13.2 Å².